The summed E-state index contributed by atoms with van der Waals surface area (Å²) in [5.74, 6) is -2.98. The number of alkyl halides is 6. The normalized spacial score (nSPS) is 11.5. The van der Waals surface area contributed by atoms with Crippen molar-refractivity contribution in [2.45, 2.75) is 13.0 Å². The summed E-state index contributed by atoms with van der Waals surface area (Å²) in [4.78, 5) is 11.2. The average molecular weight is 305 g/mol. The fourth-order valence-electron chi connectivity index (χ4n) is 1.16. The van der Waals surface area contributed by atoms with E-state index in [1.165, 1.54) is 0 Å². The van der Waals surface area contributed by atoms with Crippen molar-refractivity contribution >= 4 is 17.4 Å². The molecule has 1 aromatic rings. The van der Waals surface area contributed by atoms with E-state index in [0.29, 0.717) is 12.1 Å². The summed E-state index contributed by atoms with van der Waals surface area (Å²) in [6.07, 6.45) is -5.07. The van der Waals surface area contributed by atoms with Gasteiger partial charge >= 0.3 is 13.0 Å². The minimum absolute atomic E-state index is 0.167. The van der Waals surface area contributed by atoms with E-state index in [4.69, 9.17) is 11.6 Å². The molecule has 19 heavy (non-hydrogen) atoms. The van der Waals surface area contributed by atoms with Crippen molar-refractivity contribution in [2.75, 3.05) is 5.88 Å². The minimum Gasteiger partial charge on any atom is -0.431 e. The molecule has 0 aliphatic heterocycles. The molecule has 9 heteroatoms. The van der Waals surface area contributed by atoms with E-state index < -0.39 is 36.1 Å². The maximum Gasteiger partial charge on any atom is 0.573 e. The Hall–Kier alpha value is -1.57. The van der Waals surface area contributed by atoms with Gasteiger partial charge in [0.05, 0.1) is 5.88 Å². The van der Waals surface area contributed by atoms with Gasteiger partial charge in [0.1, 0.15) is 0 Å². The summed E-state index contributed by atoms with van der Waals surface area (Å²) in [6.45, 7) is -3.36. The lowest BCUT2D eigenvalue weighted by molar-refractivity contribution is -0.275. The molecule has 1 aromatic carbocycles. The zero-order valence-electron chi connectivity index (χ0n) is 9.01. The number of ketones is 1. The molecule has 1 rings (SSSR count). The Labute approximate surface area is 108 Å². The highest BCUT2D eigenvalue weighted by atomic mass is 35.5. The molecule has 0 aromatic heterocycles. The van der Waals surface area contributed by atoms with Crippen LogP contribution in [0.4, 0.5) is 22.0 Å². The van der Waals surface area contributed by atoms with Gasteiger partial charge in [0, 0.05) is 5.56 Å². The third-order valence-corrected chi connectivity index (χ3v) is 2.07. The Bertz CT molecular complexity index is 461. The molecular formula is C10H6ClF5O3. The molecule has 0 bridgehead atoms. The number of ether oxygens (including phenoxy) is 2. The Morgan fingerprint density at radius 1 is 1.26 bits per heavy atom. The number of carbonyl (C=O) groups excluding carboxylic acids is 1. The molecule has 0 spiro atoms. The molecule has 0 saturated carbocycles. The highest BCUT2D eigenvalue weighted by molar-refractivity contribution is 6.30. The third kappa shape index (κ3) is 4.90. The lowest BCUT2D eigenvalue weighted by Gasteiger charge is -2.14. The second-order valence-electron chi connectivity index (χ2n) is 3.14. The van der Waals surface area contributed by atoms with Crippen LogP contribution in [-0.2, 0) is 0 Å². The monoisotopic (exact) mass is 304 g/mol. The van der Waals surface area contributed by atoms with Crippen LogP contribution in [0.2, 0.25) is 0 Å². The maximum absolute atomic E-state index is 12.1. The van der Waals surface area contributed by atoms with E-state index in [-0.39, 0.29) is 5.56 Å². The van der Waals surface area contributed by atoms with E-state index in [9.17, 15) is 26.7 Å². The van der Waals surface area contributed by atoms with Gasteiger partial charge in [-0.25, -0.2) is 0 Å². The van der Waals surface area contributed by atoms with Gasteiger partial charge in [-0.15, -0.1) is 24.8 Å². The van der Waals surface area contributed by atoms with Crippen molar-refractivity contribution in [3.8, 4) is 11.5 Å². The first-order valence-electron chi connectivity index (χ1n) is 4.66. The molecule has 0 atom stereocenters. The molecule has 0 saturated heterocycles. The second kappa shape index (κ2) is 6.05. The van der Waals surface area contributed by atoms with Gasteiger partial charge in [0.15, 0.2) is 17.3 Å². The van der Waals surface area contributed by atoms with Crippen LogP contribution in [0.25, 0.3) is 0 Å². The van der Waals surface area contributed by atoms with Gasteiger partial charge in [-0.05, 0) is 18.2 Å². The van der Waals surface area contributed by atoms with Crippen molar-refractivity contribution in [3.05, 3.63) is 23.8 Å². The van der Waals surface area contributed by atoms with Gasteiger partial charge in [-0.1, -0.05) is 0 Å². The van der Waals surface area contributed by atoms with E-state index in [1.807, 2.05) is 0 Å². The highest BCUT2D eigenvalue weighted by Gasteiger charge is 2.33. The molecule has 0 aliphatic carbocycles. The van der Waals surface area contributed by atoms with Crippen LogP contribution in [0.3, 0.4) is 0 Å². The summed E-state index contributed by atoms with van der Waals surface area (Å²) >= 11 is 5.24. The highest BCUT2D eigenvalue weighted by Crippen LogP contribution is 2.34. The van der Waals surface area contributed by atoms with Crippen LogP contribution in [0.15, 0.2) is 18.2 Å². The Balaban J connectivity index is 3.12. The van der Waals surface area contributed by atoms with E-state index in [2.05, 4.69) is 9.47 Å². The molecule has 0 heterocycles. The number of benzene rings is 1. The maximum atomic E-state index is 12.1. The molecule has 0 fully saturated rings. The zero-order valence-corrected chi connectivity index (χ0v) is 9.76. The third-order valence-electron chi connectivity index (χ3n) is 1.83. The molecule has 0 radical (unpaired) electrons. The van der Waals surface area contributed by atoms with Crippen LogP contribution in [0.1, 0.15) is 10.4 Å². The molecule has 106 valence electrons. The van der Waals surface area contributed by atoms with Crippen molar-refractivity contribution in [2.24, 2.45) is 0 Å². The summed E-state index contributed by atoms with van der Waals surface area (Å²) in [6, 6.07) is 2.37. The second-order valence-corrected chi connectivity index (χ2v) is 3.41. The first-order valence-corrected chi connectivity index (χ1v) is 5.20. The van der Waals surface area contributed by atoms with Crippen molar-refractivity contribution in [1.82, 2.24) is 0 Å². The van der Waals surface area contributed by atoms with Crippen LogP contribution in [0, 0.1) is 0 Å². The van der Waals surface area contributed by atoms with Crippen molar-refractivity contribution < 1.29 is 36.2 Å². The van der Waals surface area contributed by atoms with Crippen LogP contribution < -0.4 is 9.47 Å². The molecule has 0 N–H and O–H groups in total. The minimum atomic E-state index is -5.07. The van der Waals surface area contributed by atoms with E-state index in [1.54, 1.807) is 0 Å². The SMILES string of the molecule is O=C(CCl)c1ccc(OC(F)(F)F)c(OC(F)F)c1. The Kier molecular flexibility index (Phi) is 4.93. The lowest BCUT2D eigenvalue weighted by Crippen LogP contribution is -2.18. The van der Waals surface area contributed by atoms with Gasteiger partial charge in [-0.3, -0.25) is 4.79 Å². The number of Topliss-reactive ketones (excluding diaryl/α,β-unsaturated/α-hetero) is 1. The Morgan fingerprint density at radius 2 is 1.89 bits per heavy atom. The topological polar surface area (TPSA) is 35.5 Å². The summed E-state index contributed by atoms with van der Waals surface area (Å²) in [5.41, 5.74) is -0.167. The number of hydrogen-bond donors (Lipinski definition) is 0. The molecular weight excluding hydrogens is 299 g/mol. The number of rotatable bonds is 5. The largest absolute Gasteiger partial charge is 0.573 e. The molecule has 0 aliphatic rings. The van der Waals surface area contributed by atoms with E-state index in [0.717, 1.165) is 6.07 Å². The van der Waals surface area contributed by atoms with Crippen LogP contribution in [0.5, 0.6) is 11.5 Å². The smallest absolute Gasteiger partial charge is 0.431 e. The van der Waals surface area contributed by atoms with Crippen LogP contribution >= 0.6 is 11.6 Å². The predicted molar refractivity (Wildman–Crippen MR) is 54.8 cm³/mol. The van der Waals surface area contributed by atoms with Crippen LogP contribution in [-0.4, -0.2) is 24.6 Å². The van der Waals surface area contributed by atoms with E-state index >= 15 is 0 Å². The first-order chi connectivity index (χ1) is 8.73. The summed E-state index contributed by atoms with van der Waals surface area (Å²) in [5, 5.41) is 0. The van der Waals surface area contributed by atoms with Crippen molar-refractivity contribution in [3.63, 3.8) is 0 Å². The van der Waals surface area contributed by atoms with Gasteiger partial charge < -0.3 is 9.47 Å². The fourth-order valence-corrected chi connectivity index (χ4v) is 1.31. The fraction of sp³-hybridized carbons (Fsp3) is 0.300. The standard InChI is InChI=1S/C10H6ClF5O3/c11-4-6(17)5-1-2-7(19-10(14,15)16)8(3-5)18-9(12)13/h1-3,9H,4H2. The average Bonchev–Trinajstić information content (AvgIpc) is 2.28. The van der Waals surface area contributed by atoms with Gasteiger partial charge in [-0.2, -0.15) is 8.78 Å². The molecule has 0 amide bonds. The summed E-state index contributed by atoms with van der Waals surface area (Å²) < 4.78 is 67.6. The zero-order chi connectivity index (χ0) is 14.6. The van der Waals surface area contributed by atoms with Gasteiger partial charge in [0.2, 0.25) is 0 Å². The first kappa shape index (κ1) is 15.5. The molecule has 3 nitrogen and oxygen atoms in total. The number of halogens is 6. The predicted octanol–water partition coefficient (Wildman–Crippen LogP) is 3.61. The molecule has 0 unspecified atom stereocenters. The van der Waals surface area contributed by atoms with Crippen molar-refractivity contribution in [1.29, 1.82) is 0 Å². The number of hydrogen-bond acceptors (Lipinski definition) is 3. The quantitative estimate of drug-likeness (QED) is 0.473. The Morgan fingerprint density at radius 3 is 2.37 bits per heavy atom. The summed E-state index contributed by atoms with van der Waals surface area (Å²) in [7, 11) is 0. The number of carbonyl (C=O) groups is 1. The van der Waals surface area contributed by atoms with Gasteiger partial charge in [0.25, 0.3) is 0 Å². The lowest BCUT2D eigenvalue weighted by atomic mass is 10.1.